The van der Waals surface area contributed by atoms with Crippen molar-refractivity contribution in [1.29, 1.82) is 0 Å². The van der Waals surface area contributed by atoms with Crippen LogP contribution in [0.5, 0.6) is 0 Å². The van der Waals surface area contributed by atoms with Gasteiger partial charge < -0.3 is 10.1 Å². The standard InChI is InChI=1S/C11H20N2O4S/c1-11(2,3)17-10(15)12-4-5-18-7-8-6-9(14)13(8)16/h8,16H,4-7H2,1-3H3,(H,12,15). The first kappa shape index (κ1) is 15.1. The van der Waals surface area contributed by atoms with Gasteiger partial charge >= 0.3 is 6.09 Å². The van der Waals surface area contributed by atoms with Gasteiger partial charge in [-0.2, -0.15) is 11.8 Å². The second-order valence-corrected chi connectivity index (χ2v) is 6.25. The second kappa shape index (κ2) is 6.29. The van der Waals surface area contributed by atoms with Crippen molar-refractivity contribution in [2.45, 2.75) is 38.8 Å². The molecule has 1 aliphatic rings. The number of amides is 2. The zero-order valence-corrected chi connectivity index (χ0v) is 11.7. The third kappa shape index (κ3) is 5.14. The van der Waals surface area contributed by atoms with Crippen LogP contribution in [0.4, 0.5) is 4.79 Å². The summed E-state index contributed by atoms with van der Waals surface area (Å²) in [5.41, 5.74) is -0.485. The van der Waals surface area contributed by atoms with Gasteiger partial charge in [0.15, 0.2) is 0 Å². The Morgan fingerprint density at radius 2 is 2.28 bits per heavy atom. The third-order valence-electron chi connectivity index (χ3n) is 2.24. The van der Waals surface area contributed by atoms with E-state index in [1.54, 1.807) is 11.8 Å². The van der Waals surface area contributed by atoms with Crippen molar-refractivity contribution in [3.63, 3.8) is 0 Å². The van der Waals surface area contributed by atoms with Crippen LogP contribution in [-0.2, 0) is 9.53 Å². The van der Waals surface area contributed by atoms with Gasteiger partial charge in [-0.3, -0.25) is 10.0 Å². The molecular formula is C11H20N2O4S. The van der Waals surface area contributed by atoms with Gasteiger partial charge in [-0.15, -0.1) is 0 Å². The summed E-state index contributed by atoms with van der Waals surface area (Å²) in [4.78, 5) is 22.0. The lowest BCUT2D eigenvalue weighted by atomic mass is 10.1. The van der Waals surface area contributed by atoms with E-state index in [9.17, 15) is 9.59 Å². The number of carbonyl (C=O) groups excluding carboxylic acids is 2. The van der Waals surface area contributed by atoms with E-state index in [0.29, 0.717) is 18.7 Å². The number of thioether (sulfide) groups is 1. The maximum atomic E-state index is 11.3. The number of carbonyl (C=O) groups is 2. The van der Waals surface area contributed by atoms with E-state index >= 15 is 0 Å². The predicted octanol–water partition coefficient (Wildman–Crippen LogP) is 1.23. The number of hydrogen-bond donors (Lipinski definition) is 2. The average Bonchev–Trinajstić information content (AvgIpc) is 2.24. The fraction of sp³-hybridized carbons (Fsp3) is 0.818. The molecule has 1 aliphatic heterocycles. The number of β-lactam (4-membered cyclic amide) rings is 1. The van der Waals surface area contributed by atoms with Crippen molar-refractivity contribution < 1.29 is 19.5 Å². The van der Waals surface area contributed by atoms with Gasteiger partial charge in [0.25, 0.3) is 0 Å². The number of hydroxylamine groups is 2. The van der Waals surface area contributed by atoms with E-state index in [0.717, 1.165) is 10.8 Å². The summed E-state index contributed by atoms with van der Waals surface area (Å²) in [6, 6.07) is -0.0796. The first-order valence-corrected chi connectivity index (χ1v) is 7.00. The molecule has 0 bridgehead atoms. The maximum Gasteiger partial charge on any atom is 0.407 e. The minimum Gasteiger partial charge on any atom is -0.444 e. The van der Waals surface area contributed by atoms with Gasteiger partial charge in [-0.25, -0.2) is 9.86 Å². The van der Waals surface area contributed by atoms with Crippen LogP contribution in [0.2, 0.25) is 0 Å². The van der Waals surface area contributed by atoms with Gasteiger partial charge in [0.2, 0.25) is 5.91 Å². The largest absolute Gasteiger partial charge is 0.444 e. The SMILES string of the molecule is CC(C)(C)OC(=O)NCCSCC1CC(=O)N1O. The molecule has 0 aromatic carbocycles. The molecule has 2 N–H and O–H groups in total. The van der Waals surface area contributed by atoms with Crippen LogP contribution in [0.25, 0.3) is 0 Å². The minimum atomic E-state index is -0.485. The average molecular weight is 276 g/mol. The van der Waals surface area contributed by atoms with Crippen LogP contribution in [0.1, 0.15) is 27.2 Å². The third-order valence-corrected chi connectivity index (χ3v) is 3.35. The molecule has 18 heavy (non-hydrogen) atoms. The molecule has 1 heterocycles. The van der Waals surface area contributed by atoms with Crippen LogP contribution in [-0.4, -0.2) is 52.0 Å². The normalized spacial score (nSPS) is 19.4. The highest BCUT2D eigenvalue weighted by Crippen LogP contribution is 2.20. The second-order valence-electron chi connectivity index (χ2n) is 5.10. The Labute approximate surface area is 111 Å². The van der Waals surface area contributed by atoms with Gasteiger partial charge in [-0.1, -0.05) is 0 Å². The Morgan fingerprint density at radius 1 is 1.61 bits per heavy atom. The lowest BCUT2D eigenvalue weighted by Crippen LogP contribution is -2.51. The number of alkyl carbamates (subject to hydrolysis) is 1. The summed E-state index contributed by atoms with van der Waals surface area (Å²) in [6.07, 6.45) is -0.0195. The number of nitrogens with one attached hydrogen (secondary N) is 1. The minimum absolute atomic E-state index is 0.0796. The van der Waals surface area contributed by atoms with Gasteiger partial charge in [0.05, 0.1) is 12.5 Å². The fourth-order valence-corrected chi connectivity index (χ4v) is 2.31. The molecule has 1 saturated heterocycles. The summed E-state index contributed by atoms with van der Waals surface area (Å²) in [5.74, 6) is 1.17. The summed E-state index contributed by atoms with van der Waals surface area (Å²) < 4.78 is 5.08. The highest BCUT2D eigenvalue weighted by atomic mass is 32.2. The molecule has 0 aromatic heterocycles. The van der Waals surface area contributed by atoms with Crippen LogP contribution in [0.3, 0.4) is 0 Å². The molecule has 2 amide bonds. The molecule has 7 heteroatoms. The topological polar surface area (TPSA) is 78.9 Å². The quantitative estimate of drug-likeness (QED) is 0.448. The van der Waals surface area contributed by atoms with Crippen molar-refractivity contribution in [2.24, 2.45) is 0 Å². The molecule has 1 atom stereocenters. The van der Waals surface area contributed by atoms with E-state index in [4.69, 9.17) is 9.94 Å². The van der Waals surface area contributed by atoms with Crippen molar-refractivity contribution in [2.75, 3.05) is 18.1 Å². The Balaban J connectivity index is 1.99. The monoisotopic (exact) mass is 276 g/mol. The van der Waals surface area contributed by atoms with Crippen LogP contribution >= 0.6 is 11.8 Å². The van der Waals surface area contributed by atoms with Gasteiger partial charge in [-0.05, 0) is 20.8 Å². The summed E-state index contributed by atoms with van der Waals surface area (Å²) in [5, 5.41) is 12.5. The fourth-order valence-electron chi connectivity index (χ4n) is 1.36. The van der Waals surface area contributed by atoms with E-state index in [1.807, 2.05) is 20.8 Å². The predicted molar refractivity (Wildman–Crippen MR) is 68.6 cm³/mol. The Bertz CT molecular complexity index is 317. The molecule has 6 nitrogen and oxygen atoms in total. The van der Waals surface area contributed by atoms with Crippen LogP contribution in [0, 0.1) is 0 Å². The van der Waals surface area contributed by atoms with E-state index in [2.05, 4.69) is 5.32 Å². The Kier molecular flexibility index (Phi) is 5.28. The van der Waals surface area contributed by atoms with Gasteiger partial charge in [0.1, 0.15) is 5.60 Å². The van der Waals surface area contributed by atoms with Gasteiger partial charge in [0, 0.05) is 18.1 Å². The smallest absolute Gasteiger partial charge is 0.407 e. The van der Waals surface area contributed by atoms with Crippen molar-refractivity contribution in [1.82, 2.24) is 10.4 Å². The number of rotatable bonds is 5. The number of nitrogens with zero attached hydrogens (tertiary/aromatic N) is 1. The van der Waals surface area contributed by atoms with Crippen molar-refractivity contribution >= 4 is 23.8 Å². The van der Waals surface area contributed by atoms with Crippen LogP contribution < -0.4 is 5.32 Å². The molecule has 1 unspecified atom stereocenters. The molecule has 104 valence electrons. The molecule has 0 saturated carbocycles. The van der Waals surface area contributed by atoms with Crippen LogP contribution in [0.15, 0.2) is 0 Å². The lowest BCUT2D eigenvalue weighted by Gasteiger charge is -2.34. The molecule has 0 radical (unpaired) electrons. The Morgan fingerprint density at radius 3 is 2.78 bits per heavy atom. The molecule has 0 aliphatic carbocycles. The van der Waals surface area contributed by atoms with E-state index in [1.165, 1.54) is 0 Å². The maximum absolute atomic E-state index is 11.3. The zero-order valence-electron chi connectivity index (χ0n) is 10.9. The highest BCUT2D eigenvalue weighted by Gasteiger charge is 2.34. The molecule has 0 aromatic rings. The highest BCUT2D eigenvalue weighted by molar-refractivity contribution is 7.99. The first-order valence-electron chi connectivity index (χ1n) is 5.85. The zero-order chi connectivity index (χ0) is 13.8. The van der Waals surface area contributed by atoms with Crippen molar-refractivity contribution in [3.05, 3.63) is 0 Å². The molecule has 1 rings (SSSR count). The van der Waals surface area contributed by atoms with E-state index < -0.39 is 11.7 Å². The lowest BCUT2D eigenvalue weighted by molar-refractivity contribution is -0.198. The molecular weight excluding hydrogens is 256 g/mol. The molecule has 1 fully saturated rings. The number of ether oxygens (including phenoxy) is 1. The summed E-state index contributed by atoms with van der Waals surface area (Å²) in [7, 11) is 0. The Hall–Kier alpha value is -0.950. The number of hydrogen-bond acceptors (Lipinski definition) is 5. The van der Waals surface area contributed by atoms with Crippen molar-refractivity contribution in [3.8, 4) is 0 Å². The van der Waals surface area contributed by atoms with E-state index in [-0.39, 0.29) is 11.9 Å². The summed E-state index contributed by atoms with van der Waals surface area (Å²) >= 11 is 1.58. The molecule has 0 spiro atoms. The first-order chi connectivity index (χ1) is 8.29. The summed E-state index contributed by atoms with van der Waals surface area (Å²) in [6.45, 7) is 5.94.